The molecule has 24 heavy (non-hydrogen) atoms. The molecule has 2 aromatic rings. The van der Waals surface area contributed by atoms with Crippen LogP contribution in [0.1, 0.15) is 36.5 Å². The van der Waals surface area contributed by atoms with E-state index in [0.717, 1.165) is 0 Å². The standard InChI is InChI=1S/C17H22N4O3/c1-10(2)8-14(16(23)18-4)19-15(22)12-6-5-7-13(9-12)17-21-20-11(3)24-17/h5-7,9-10,14H,8H2,1-4H3,(H,18,23)(H,19,22)/t14-/m0/s1. The fourth-order valence-corrected chi connectivity index (χ4v) is 2.33. The summed E-state index contributed by atoms with van der Waals surface area (Å²) in [6.45, 7) is 5.70. The molecule has 0 spiro atoms. The minimum Gasteiger partial charge on any atom is -0.421 e. The van der Waals surface area contributed by atoms with Crippen molar-refractivity contribution in [3.05, 3.63) is 35.7 Å². The van der Waals surface area contributed by atoms with Crippen molar-refractivity contribution in [2.24, 2.45) is 5.92 Å². The number of rotatable bonds is 6. The fourth-order valence-electron chi connectivity index (χ4n) is 2.33. The molecule has 7 heteroatoms. The second kappa shape index (κ2) is 7.72. The van der Waals surface area contributed by atoms with E-state index in [1.807, 2.05) is 13.8 Å². The van der Waals surface area contributed by atoms with Crippen LogP contribution in [0.5, 0.6) is 0 Å². The summed E-state index contributed by atoms with van der Waals surface area (Å²) in [6.07, 6.45) is 0.563. The van der Waals surface area contributed by atoms with E-state index in [4.69, 9.17) is 4.42 Å². The number of hydrogen-bond donors (Lipinski definition) is 2. The third-order valence-electron chi connectivity index (χ3n) is 3.47. The van der Waals surface area contributed by atoms with E-state index >= 15 is 0 Å². The molecule has 0 aliphatic carbocycles. The molecule has 0 bridgehead atoms. The van der Waals surface area contributed by atoms with Crippen molar-refractivity contribution < 1.29 is 14.0 Å². The first-order valence-electron chi connectivity index (χ1n) is 7.83. The average Bonchev–Trinajstić information content (AvgIpc) is 2.99. The number of aryl methyl sites for hydroxylation is 1. The normalized spacial score (nSPS) is 12.0. The van der Waals surface area contributed by atoms with Crippen LogP contribution in [0.3, 0.4) is 0 Å². The number of hydrogen-bond acceptors (Lipinski definition) is 5. The highest BCUT2D eigenvalue weighted by molar-refractivity contribution is 5.98. The van der Waals surface area contributed by atoms with Crippen LogP contribution in [-0.4, -0.2) is 35.1 Å². The van der Waals surface area contributed by atoms with Gasteiger partial charge in [-0.15, -0.1) is 10.2 Å². The van der Waals surface area contributed by atoms with Gasteiger partial charge in [-0.2, -0.15) is 0 Å². The number of aromatic nitrogens is 2. The van der Waals surface area contributed by atoms with Gasteiger partial charge in [-0.3, -0.25) is 9.59 Å². The molecule has 128 valence electrons. The predicted molar refractivity (Wildman–Crippen MR) is 89.2 cm³/mol. The van der Waals surface area contributed by atoms with Crippen LogP contribution >= 0.6 is 0 Å². The maximum atomic E-state index is 12.5. The SMILES string of the molecule is CNC(=O)[C@H](CC(C)C)NC(=O)c1cccc(-c2nnc(C)o2)c1. The van der Waals surface area contributed by atoms with Gasteiger partial charge in [-0.25, -0.2) is 0 Å². The van der Waals surface area contributed by atoms with Crippen molar-refractivity contribution in [1.29, 1.82) is 0 Å². The molecule has 0 fully saturated rings. The molecule has 2 rings (SSSR count). The summed E-state index contributed by atoms with van der Waals surface area (Å²) in [5.41, 5.74) is 1.09. The summed E-state index contributed by atoms with van der Waals surface area (Å²) in [5.74, 6) is 0.562. The molecule has 0 aliphatic heterocycles. The fraction of sp³-hybridized carbons (Fsp3) is 0.412. The molecule has 1 atom stereocenters. The Morgan fingerprint density at radius 2 is 2.00 bits per heavy atom. The summed E-state index contributed by atoms with van der Waals surface area (Å²) in [4.78, 5) is 24.4. The quantitative estimate of drug-likeness (QED) is 0.843. The molecule has 1 heterocycles. The third-order valence-corrected chi connectivity index (χ3v) is 3.47. The first-order valence-corrected chi connectivity index (χ1v) is 7.83. The van der Waals surface area contributed by atoms with Crippen LogP contribution in [0.25, 0.3) is 11.5 Å². The van der Waals surface area contributed by atoms with E-state index in [0.29, 0.717) is 29.3 Å². The Morgan fingerprint density at radius 1 is 1.25 bits per heavy atom. The number of likely N-dealkylation sites (N-methyl/N-ethyl adjacent to an activating group) is 1. The van der Waals surface area contributed by atoms with Gasteiger partial charge < -0.3 is 15.1 Å². The molecule has 2 amide bonds. The van der Waals surface area contributed by atoms with Gasteiger partial charge in [0, 0.05) is 25.1 Å². The minimum atomic E-state index is -0.572. The van der Waals surface area contributed by atoms with Crippen molar-refractivity contribution in [3.63, 3.8) is 0 Å². The number of nitrogens with one attached hydrogen (secondary N) is 2. The van der Waals surface area contributed by atoms with Crippen molar-refractivity contribution >= 4 is 11.8 Å². The molecule has 1 aromatic heterocycles. The summed E-state index contributed by atoms with van der Waals surface area (Å²) < 4.78 is 5.38. The highest BCUT2D eigenvalue weighted by atomic mass is 16.4. The Labute approximate surface area is 140 Å². The number of benzene rings is 1. The van der Waals surface area contributed by atoms with E-state index in [9.17, 15) is 9.59 Å². The maximum Gasteiger partial charge on any atom is 0.251 e. The molecule has 0 saturated heterocycles. The summed E-state index contributed by atoms with van der Waals surface area (Å²) in [6, 6.07) is 6.29. The Morgan fingerprint density at radius 3 is 2.58 bits per heavy atom. The number of carbonyl (C=O) groups is 2. The summed E-state index contributed by atoms with van der Waals surface area (Å²) >= 11 is 0. The van der Waals surface area contributed by atoms with Gasteiger partial charge in [0.25, 0.3) is 5.91 Å². The van der Waals surface area contributed by atoms with Crippen LogP contribution in [0, 0.1) is 12.8 Å². The smallest absolute Gasteiger partial charge is 0.251 e. The number of carbonyl (C=O) groups excluding carboxylic acids is 2. The van der Waals surface area contributed by atoms with Gasteiger partial charge >= 0.3 is 0 Å². The van der Waals surface area contributed by atoms with Gasteiger partial charge in [-0.05, 0) is 30.5 Å². The van der Waals surface area contributed by atoms with Gasteiger partial charge in [0.15, 0.2) is 0 Å². The van der Waals surface area contributed by atoms with Crippen LogP contribution in [0.2, 0.25) is 0 Å². The minimum absolute atomic E-state index is 0.208. The van der Waals surface area contributed by atoms with Crippen molar-refractivity contribution in [3.8, 4) is 11.5 Å². The molecule has 0 unspecified atom stereocenters. The molecule has 7 nitrogen and oxygen atoms in total. The lowest BCUT2D eigenvalue weighted by atomic mass is 10.0. The van der Waals surface area contributed by atoms with E-state index in [-0.39, 0.29) is 17.7 Å². The van der Waals surface area contributed by atoms with Crippen molar-refractivity contribution in [2.45, 2.75) is 33.2 Å². The summed E-state index contributed by atoms with van der Waals surface area (Å²) in [7, 11) is 1.56. The third kappa shape index (κ3) is 4.41. The van der Waals surface area contributed by atoms with Gasteiger partial charge in [0.05, 0.1) is 0 Å². The predicted octanol–water partition coefficient (Wildman–Crippen LogP) is 1.94. The van der Waals surface area contributed by atoms with Crippen LogP contribution in [0.4, 0.5) is 0 Å². The van der Waals surface area contributed by atoms with Crippen LogP contribution in [-0.2, 0) is 4.79 Å². The highest BCUT2D eigenvalue weighted by Gasteiger charge is 2.21. The largest absolute Gasteiger partial charge is 0.421 e. The van der Waals surface area contributed by atoms with E-state index in [2.05, 4.69) is 20.8 Å². The molecular formula is C17H22N4O3. The zero-order chi connectivity index (χ0) is 17.7. The topological polar surface area (TPSA) is 97.1 Å². The Bertz CT molecular complexity index is 724. The van der Waals surface area contributed by atoms with Gasteiger partial charge in [0.1, 0.15) is 6.04 Å². The zero-order valence-corrected chi connectivity index (χ0v) is 14.3. The molecule has 1 aromatic carbocycles. The lowest BCUT2D eigenvalue weighted by Gasteiger charge is -2.19. The van der Waals surface area contributed by atoms with Gasteiger partial charge in [0.2, 0.25) is 17.7 Å². The second-order valence-corrected chi connectivity index (χ2v) is 5.98. The van der Waals surface area contributed by atoms with Crippen molar-refractivity contribution in [1.82, 2.24) is 20.8 Å². The maximum absolute atomic E-state index is 12.5. The highest BCUT2D eigenvalue weighted by Crippen LogP contribution is 2.19. The Kier molecular flexibility index (Phi) is 5.68. The number of nitrogens with zero attached hydrogens (tertiary/aromatic N) is 2. The number of amides is 2. The molecule has 0 saturated carbocycles. The van der Waals surface area contributed by atoms with E-state index in [1.54, 1.807) is 38.2 Å². The van der Waals surface area contributed by atoms with Crippen LogP contribution in [0.15, 0.2) is 28.7 Å². The second-order valence-electron chi connectivity index (χ2n) is 5.98. The lowest BCUT2D eigenvalue weighted by Crippen LogP contribution is -2.46. The van der Waals surface area contributed by atoms with Crippen LogP contribution < -0.4 is 10.6 Å². The van der Waals surface area contributed by atoms with Crippen molar-refractivity contribution in [2.75, 3.05) is 7.05 Å². The van der Waals surface area contributed by atoms with Gasteiger partial charge in [-0.1, -0.05) is 19.9 Å². The first kappa shape index (κ1) is 17.7. The van der Waals surface area contributed by atoms with E-state index in [1.165, 1.54) is 0 Å². The Balaban J connectivity index is 2.18. The molecule has 0 aliphatic rings. The molecule has 2 N–H and O–H groups in total. The monoisotopic (exact) mass is 330 g/mol. The lowest BCUT2D eigenvalue weighted by molar-refractivity contribution is -0.122. The summed E-state index contributed by atoms with van der Waals surface area (Å²) in [5, 5.41) is 13.1. The molecular weight excluding hydrogens is 308 g/mol. The van der Waals surface area contributed by atoms with E-state index < -0.39 is 6.04 Å². The Hall–Kier alpha value is -2.70. The zero-order valence-electron chi connectivity index (χ0n) is 14.3. The molecule has 0 radical (unpaired) electrons. The first-order chi connectivity index (χ1) is 11.4. The average molecular weight is 330 g/mol.